The van der Waals surface area contributed by atoms with Crippen molar-refractivity contribution < 1.29 is 4.74 Å². The predicted molar refractivity (Wildman–Crippen MR) is 73.6 cm³/mol. The largest absolute Gasteiger partial charge is 0.494 e. The van der Waals surface area contributed by atoms with Gasteiger partial charge in [0.2, 0.25) is 0 Å². The molecule has 1 aromatic carbocycles. The molecule has 96 valence electrons. The Morgan fingerprint density at radius 3 is 2.44 bits per heavy atom. The van der Waals surface area contributed by atoms with Crippen LogP contribution in [0.4, 0.5) is 0 Å². The Labute approximate surface area is 108 Å². The molecule has 0 aliphatic carbocycles. The first-order valence-electron chi connectivity index (χ1n) is 6.37. The van der Waals surface area contributed by atoms with Crippen LogP contribution in [0.25, 0.3) is 11.1 Å². The lowest BCUT2D eigenvalue weighted by Gasteiger charge is -2.08. The quantitative estimate of drug-likeness (QED) is 0.804. The molecule has 0 radical (unpaired) electrons. The van der Waals surface area contributed by atoms with Gasteiger partial charge in [-0.1, -0.05) is 26.0 Å². The molecule has 0 bridgehead atoms. The summed E-state index contributed by atoms with van der Waals surface area (Å²) in [5.41, 5.74) is 2.30. The number of rotatable bonds is 5. The summed E-state index contributed by atoms with van der Waals surface area (Å²) < 4.78 is 7.50. The summed E-state index contributed by atoms with van der Waals surface area (Å²) >= 11 is 0. The SMILES string of the molecule is CC(C)CCOc1ccc(-c2cnn(C)c2)cc1. The van der Waals surface area contributed by atoms with E-state index in [9.17, 15) is 0 Å². The molecule has 0 saturated carbocycles. The zero-order chi connectivity index (χ0) is 13.0. The Kier molecular flexibility index (Phi) is 4.03. The van der Waals surface area contributed by atoms with Gasteiger partial charge in [-0.2, -0.15) is 5.10 Å². The van der Waals surface area contributed by atoms with E-state index in [0.29, 0.717) is 5.92 Å². The third kappa shape index (κ3) is 3.36. The topological polar surface area (TPSA) is 27.1 Å². The molecule has 18 heavy (non-hydrogen) atoms. The normalized spacial score (nSPS) is 10.9. The van der Waals surface area contributed by atoms with Crippen molar-refractivity contribution in [2.24, 2.45) is 13.0 Å². The molecule has 0 aliphatic rings. The Hall–Kier alpha value is -1.77. The van der Waals surface area contributed by atoms with E-state index >= 15 is 0 Å². The highest BCUT2D eigenvalue weighted by atomic mass is 16.5. The van der Waals surface area contributed by atoms with Crippen LogP contribution in [0.15, 0.2) is 36.7 Å². The molecule has 0 N–H and O–H groups in total. The highest BCUT2D eigenvalue weighted by molar-refractivity contribution is 5.62. The molecule has 0 spiro atoms. The van der Waals surface area contributed by atoms with Gasteiger partial charge in [-0.15, -0.1) is 0 Å². The smallest absolute Gasteiger partial charge is 0.119 e. The summed E-state index contributed by atoms with van der Waals surface area (Å²) in [6, 6.07) is 8.18. The lowest BCUT2D eigenvalue weighted by molar-refractivity contribution is 0.289. The van der Waals surface area contributed by atoms with Gasteiger partial charge in [0, 0.05) is 18.8 Å². The van der Waals surface area contributed by atoms with Gasteiger partial charge < -0.3 is 4.74 Å². The maximum Gasteiger partial charge on any atom is 0.119 e. The Bertz CT molecular complexity index is 485. The van der Waals surface area contributed by atoms with E-state index in [0.717, 1.165) is 24.3 Å². The number of benzene rings is 1. The summed E-state index contributed by atoms with van der Waals surface area (Å²) in [5, 5.41) is 4.17. The minimum atomic E-state index is 0.680. The molecule has 0 saturated heterocycles. The van der Waals surface area contributed by atoms with E-state index in [4.69, 9.17) is 4.74 Å². The molecule has 0 atom stereocenters. The first kappa shape index (κ1) is 12.7. The molecular formula is C15H20N2O. The van der Waals surface area contributed by atoms with Crippen molar-refractivity contribution in [2.45, 2.75) is 20.3 Å². The van der Waals surface area contributed by atoms with E-state index in [2.05, 4.69) is 31.1 Å². The lowest BCUT2D eigenvalue weighted by atomic mass is 10.1. The second-order valence-electron chi connectivity index (χ2n) is 4.96. The van der Waals surface area contributed by atoms with Crippen LogP contribution in [-0.4, -0.2) is 16.4 Å². The number of ether oxygens (including phenoxy) is 1. The minimum Gasteiger partial charge on any atom is -0.494 e. The highest BCUT2D eigenvalue weighted by Gasteiger charge is 2.01. The molecule has 0 unspecified atom stereocenters. The summed E-state index contributed by atoms with van der Waals surface area (Å²) in [4.78, 5) is 0. The van der Waals surface area contributed by atoms with Crippen molar-refractivity contribution in [1.82, 2.24) is 9.78 Å². The molecule has 3 heteroatoms. The van der Waals surface area contributed by atoms with Crippen molar-refractivity contribution >= 4 is 0 Å². The van der Waals surface area contributed by atoms with Crippen LogP contribution in [0, 0.1) is 5.92 Å². The molecule has 0 amide bonds. The standard InChI is InChI=1S/C15H20N2O/c1-12(2)8-9-18-15-6-4-13(5-7-15)14-10-16-17(3)11-14/h4-7,10-12H,8-9H2,1-3H3. The molecule has 2 rings (SSSR count). The predicted octanol–water partition coefficient (Wildman–Crippen LogP) is 3.51. The third-order valence-corrected chi connectivity index (χ3v) is 2.86. The Morgan fingerprint density at radius 2 is 1.89 bits per heavy atom. The molecule has 0 aliphatic heterocycles. The van der Waals surface area contributed by atoms with Crippen LogP contribution in [0.5, 0.6) is 5.75 Å². The third-order valence-electron chi connectivity index (χ3n) is 2.86. The first-order chi connectivity index (χ1) is 8.65. The van der Waals surface area contributed by atoms with Gasteiger partial charge in [-0.05, 0) is 30.0 Å². The fourth-order valence-electron chi connectivity index (χ4n) is 1.73. The minimum absolute atomic E-state index is 0.680. The summed E-state index contributed by atoms with van der Waals surface area (Å²) in [6.45, 7) is 5.19. The van der Waals surface area contributed by atoms with Crippen LogP contribution in [0.2, 0.25) is 0 Å². The first-order valence-corrected chi connectivity index (χ1v) is 6.37. The number of hydrogen-bond acceptors (Lipinski definition) is 2. The summed E-state index contributed by atoms with van der Waals surface area (Å²) in [6.07, 6.45) is 4.97. The van der Waals surface area contributed by atoms with Crippen molar-refractivity contribution in [3.63, 3.8) is 0 Å². The van der Waals surface area contributed by atoms with Crippen LogP contribution in [0.3, 0.4) is 0 Å². The fourth-order valence-corrected chi connectivity index (χ4v) is 1.73. The van der Waals surface area contributed by atoms with E-state index in [1.54, 1.807) is 0 Å². The molecule has 1 heterocycles. The maximum atomic E-state index is 5.69. The van der Waals surface area contributed by atoms with Crippen molar-refractivity contribution in [3.8, 4) is 16.9 Å². The highest BCUT2D eigenvalue weighted by Crippen LogP contribution is 2.21. The van der Waals surface area contributed by atoms with Gasteiger partial charge in [0.1, 0.15) is 5.75 Å². The Balaban J connectivity index is 1.97. The molecule has 1 aromatic heterocycles. The van der Waals surface area contributed by atoms with Crippen LogP contribution in [-0.2, 0) is 7.05 Å². The molecule has 2 aromatic rings. The van der Waals surface area contributed by atoms with Gasteiger partial charge in [-0.25, -0.2) is 0 Å². The van der Waals surface area contributed by atoms with Crippen LogP contribution in [0.1, 0.15) is 20.3 Å². The molecular weight excluding hydrogens is 224 g/mol. The number of nitrogens with zero attached hydrogens (tertiary/aromatic N) is 2. The van der Waals surface area contributed by atoms with E-state index in [1.165, 1.54) is 5.56 Å². The van der Waals surface area contributed by atoms with Crippen molar-refractivity contribution in [1.29, 1.82) is 0 Å². The Morgan fingerprint density at radius 1 is 1.17 bits per heavy atom. The number of hydrogen-bond donors (Lipinski definition) is 0. The zero-order valence-corrected chi connectivity index (χ0v) is 11.3. The monoisotopic (exact) mass is 244 g/mol. The van der Waals surface area contributed by atoms with Crippen molar-refractivity contribution in [3.05, 3.63) is 36.7 Å². The second-order valence-corrected chi connectivity index (χ2v) is 4.96. The fraction of sp³-hybridized carbons (Fsp3) is 0.400. The average molecular weight is 244 g/mol. The van der Waals surface area contributed by atoms with E-state index in [-0.39, 0.29) is 0 Å². The summed E-state index contributed by atoms with van der Waals surface area (Å²) in [7, 11) is 1.92. The number of aryl methyl sites for hydroxylation is 1. The van der Waals surface area contributed by atoms with Gasteiger partial charge >= 0.3 is 0 Å². The molecule has 0 fully saturated rings. The van der Waals surface area contributed by atoms with Gasteiger partial charge in [0.15, 0.2) is 0 Å². The maximum absolute atomic E-state index is 5.69. The average Bonchev–Trinajstić information content (AvgIpc) is 2.76. The van der Waals surface area contributed by atoms with Crippen molar-refractivity contribution in [2.75, 3.05) is 6.61 Å². The van der Waals surface area contributed by atoms with Gasteiger partial charge in [0.25, 0.3) is 0 Å². The second kappa shape index (κ2) is 5.71. The van der Waals surface area contributed by atoms with Crippen LogP contribution < -0.4 is 4.74 Å². The van der Waals surface area contributed by atoms with E-state index < -0.39 is 0 Å². The zero-order valence-electron chi connectivity index (χ0n) is 11.3. The lowest BCUT2D eigenvalue weighted by Crippen LogP contribution is -2.01. The molecule has 3 nitrogen and oxygen atoms in total. The van der Waals surface area contributed by atoms with Gasteiger partial charge in [0.05, 0.1) is 12.8 Å². The van der Waals surface area contributed by atoms with Crippen LogP contribution >= 0.6 is 0 Å². The summed E-state index contributed by atoms with van der Waals surface area (Å²) in [5.74, 6) is 1.61. The van der Waals surface area contributed by atoms with E-state index in [1.807, 2.05) is 36.3 Å². The van der Waals surface area contributed by atoms with Gasteiger partial charge in [-0.3, -0.25) is 4.68 Å². The number of aromatic nitrogens is 2.